The van der Waals surface area contributed by atoms with Gasteiger partial charge in [0.05, 0.1) is 7.11 Å². The fourth-order valence-electron chi connectivity index (χ4n) is 1.80. The molecule has 0 spiro atoms. The molecule has 1 fully saturated rings. The van der Waals surface area contributed by atoms with Crippen LogP contribution in [0.3, 0.4) is 0 Å². The number of methoxy groups -OCH3 is 1. The molecule has 6 heteroatoms. The lowest BCUT2D eigenvalue weighted by Crippen LogP contribution is -2.52. The van der Waals surface area contributed by atoms with E-state index in [0.717, 1.165) is 7.11 Å². The highest BCUT2D eigenvalue weighted by atomic mass is 19.3. The molecule has 0 heterocycles. The molecule has 0 bridgehead atoms. The largest absolute Gasteiger partial charge is 0.469 e. The van der Waals surface area contributed by atoms with Gasteiger partial charge >= 0.3 is 11.9 Å². The minimum atomic E-state index is -3.41. The quantitative estimate of drug-likeness (QED) is 0.572. The van der Waals surface area contributed by atoms with E-state index in [1.807, 2.05) is 0 Å². The highest BCUT2D eigenvalue weighted by molar-refractivity contribution is 5.74. The Morgan fingerprint density at radius 1 is 1.60 bits per heavy atom. The standard InChI is InChI=1S/C9H14F2O4/c1-3-15-9(13)6(7(12)14-2)4-5-8(9,10)11/h6,13H,3-5H2,1-2H3. The van der Waals surface area contributed by atoms with Crippen LogP contribution in [0, 0.1) is 5.92 Å². The second-order valence-corrected chi connectivity index (χ2v) is 3.45. The normalized spacial score (nSPS) is 34.1. The average Bonchev–Trinajstić information content (AvgIpc) is 2.38. The van der Waals surface area contributed by atoms with Gasteiger partial charge in [-0.1, -0.05) is 0 Å². The molecular formula is C9H14F2O4. The third kappa shape index (κ3) is 1.83. The fraction of sp³-hybridized carbons (Fsp3) is 0.889. The van der Waals surface area contributed by atoms with E-state index < -0.39 is 30.0 Å². The number of ether oxygens (including phenoxy) is 2. The second kappa shape index (κ2) is 4.02. The lowest BCUT2D eigenvalue weighted by molar-refractivity contribution is -0.316. The maximum atomic E-state index is 13.3. The molecule has 0 aromatic carbocycles. The van der Waals surface area contributed by atoms with Crippen molar-refractivity contribution in [2.75, 3.05) is 13.7 Å². The van der Waals surface area contributed by atoms with E-state index in [0.29, 0.717) is 0 Å². The number of rotatable bonds is 3. The van der Waals surface area contributed by atoms with Gasteiger partial charge in [0.25, 0.3) is 0 Å². The molecule has 15 heavy (non-hydrogen) atoms. The number of esters is 1. The summed E-state index contributed by atoms with van der Waals surface area (Å²) in [6.07, 6.45) is -0.723. The van der Waals surface area contributed by atoms with Crippen molar-refractivity contribution in [3.05, 3.63) is 0 Å². The van der Waals surface area contributed by atoms with Gasteiger partial charge in [0.15, 0.2) is 0 Å². The first-order valence-electron chi connectivity index (χ1n) is 4.71. The number of carbonyl (C=O) groups excluding carboxylic acids is 1. The molecule has 0 radical (unpaired) electrons. The molecule has 1 rings (SSSR count). The summed E-state index contributed by atoms with van der Waals surface area (Å²) in [6.45, 7) is 1.38. The van der Waals surface area contributed by atoms with Crippen LogP contribution < -0.4 is 0 Å². The summed E-state index contributed by atoms with van der Waals surface area (Å²) in [5.41, 5.74) is 0. The fourth-order valence-corrected chi connectivity index (χ4v) is 1.80. The minimum Gasteiger partial charge on any atom is -0.469 e. The molecule has 0 saturated heterocycles. The van der Waals surface area contributed by atoms with Gasteiger partial charge in [0, 0.05) is 13.0 Å². The molecule has 1 aliphatic rings. The molecule has 0 aromatic rings. The highest BCUT2D eigenvalue weighted by Gasteiger charge is 2.66. The van der Waals surface area contributed by atoms with Crippen LogP contribution >= 0.6 is 0 Å². The van der Waals surface area contributed by atoms with E-state index in [9.17, 15) is 18.7 Å². The first kappa shape index (κ1) is 12.3. The Labute approximate surface area is 86.2 Å². The third-order valence-electron chi connectivity index (χ3n) is 2.59. The number of carbonyl (C=O) groups is 1. The first-order valence-corrected chi connectivity index (χ1v) is 4.71. The van der Waals surface area contributed by atoms with Gasteiger partial charge in [-0.05, 0) is 13.3 Å². The maximum Gasteiger partial charge on any atom is 0.314 e. The van der Waals surface area contributed by atoms with Crippen molar-refractivity contribution < 1.29 is 28.2 Å². The zero-order valence-corrected chi connectivity index (χ0v) is 8.63. The molecule has 2 unspecified atom stereocenters. The molecule has 88 valence electrons. The van der Waals surface area contributed by atoms with E-state index in [2.05, 4.69) is 9.47 Å². The van der Waals surface area contributed by atoms with Crippen molar-refractivity contribution in [1.82, 2.24) is 0 Å². The van der Waals surface area contributed by atoms with E-state index in [4.69, 9.17) is 0 Å². The highest BCUT2D eigenvalue weighted by Crippen LogP contribution is 2.48. The Balaban J connectivity index is 2.95. The monoisotopic (exact) mass is 224 g/mol. The average molecular weight is 224 g/mol. The van der Waals surface area contributed by atoms with Crippen LogP contribution in [0.25, 0.3) is 0 Å². The van der Waals surface area contributed by atoms with Crippen molar-refractivity contribution in [1.29, 1.82) is 0 Å². The van der Waals surface area contributed by atoms with Gasteiger partial charge < -0.3 is 14.6 Å². The first-order chi connectivity index (χ1) is 6.89. The van der Waals surface area contributed by atoms with Gasteiger partial charge in [-0.3, -0.25) is 4.79 Å². The van der Waals surface area contributed by atoms with Gasteiger partial charge in [-0.15, -0.1) is 0 Å². The third-order valence-corrected chi connectivity index (χ3v) is 2.59. The predicted octanol–water partition coefficient (Wildman–Crippen LogP) is 0.930. The van der Waals surface area contributed by atoms with Crippen LogP contribution in [0.2, 0.25) is 0 Å². The Morgan fingerprint density at radius 3 is 2.67 bits per heavy atom. The van der Waals surface area contributed by atoms with Gasteiger partial charge in [0.2, 0.25) is 5.79 Å². The minimum absolute atomic E-state index is 0.0976. The lowest BCUT2D eigenvalue weighted by atomic mass is 10.0. The lowest BCUT2D eigenvalue weighted by Gasteiger charge is -2.32. The summed E-state index contributed by atoms with van der Waals surface area (Å²) >= 11 is 0. The molecule has 4 nitrogen and oxygen atoms in total. The SMILES string of the molecule is CCOC1(O)C(C(=O)OC)CCC1(F)F. The molecule has 1 saturated carbocycles. The number of hydrogen-bond acceptors (Lipinski definition) is 4. The zero-order valence-electron chi connectivity index (χ0n) is 8.63. The molecule has 0 aliphatic heterocycles. The number of alkyl halides is 2. The van der Waals surface area contributed by atoms with Crippen molar-refractivity contribution in [2.45, 2.75) is 31.5 Å². The van der Waals surface area contributed by atoms with Crippen LogP contribution in [0.1, 0.15) is 19.8 Å². The smallest absolute Gasteiger partial charge is 0.314 e. The Kier molecular flexibility index (Phi) is 3.30. The Morgan fingerprint density at radius 2 is 2.20 bits per heavy atom. The molecule has 2 atom stereocenters. The van der Waals surface area contributed by atoms with E-state index >= 15 is 0 Å². The van der Waals surface area contributed by atoms with Crippen LogP contribution in [0.5, 0.6) is 0 Å². The summed E-state index contributed by atoms with van der Waals surface area (Å²) in [4.78, 5) is 11.2. The second-order valence-electron chi connectivity index (χ2n) is 3.45. The number of aliphatic hydroxyl groups is 1. The van der Waals surface area contributed by atoms with Crippen LogP contribution in [0.4, 0.5) is 8.78 Å². The van der Waals surface area contributed by atoms with Crippen molar-refractivity contribution in [3.8, 4) is 0 Å². The number of halogens is 2. The molecule has 1 aliphatic carbocycles. The molecule has 1 N–H and O–H groups in total. The number of hydrogen-bond donors (Lipinski definition) is 1. The van der Waals surface area contributed by atoms with Gasteiger partial charge in [0.1, 0.15) is 5.92 Å². The molecular weight excluding hydrogens is 210 g/mol. The van der Waals surface area contributed by atoms with E-state index in [-0.39, 0.29) is 13.0 Å². The summed E-state index contributed by atoms with van der Waals surface area (Å²) in [5, 5.41) is 9.71. The summed E-state index contributed by atoms with van der Waals surface area (Å²) in [7, 11) is 1.09. The van der Waals surface area contributed by atoms with Crippen molar-refractivity contribution in [2.24, 2.45) is 5.92 Å². The summed E-state index contributed by atoms with van der Waals surface area (Å²) in [6, 6.07) is 0. The van der Waals surface area contributed by atoms with Gasteiger partial charge in [-0.2, -0.15) is 0 Å². The summed E-state index contributed by atoms with van der Waals surface area (Å²) in [5.74, 6) is -8.34. The topological polar surface area (TPSA) is 55.8 Å². The van der Waals surface area contributed by atoms with Crippen LogP contribution in [-0.2, 0) is 14.3 Å². The van der Waals surface area contributed by atoms with E-state index in [1.165, 1.54) is 6.92 Å². The van der Waals surface area contributed by atoms with E-state index in [1.54, 1.807) is 0 Å². The predicted molar refractivity (Wildman–Crippen MR) is 46.3 cm³/mol. The Hall–Kier alpha value is -0.750. The summed E-state index contributed by atoms with van der Waals surface area (Å²) < 4.78 is 35.7. The molecule has 0 amide bonds. The van der Waals surface area contributed by atoms with Gasteiger partial charge in [-0.25, -0.2) is 8.78 Å². The van der Waals surface area contributed by atoms with Crippen LogP contribution in [-0.4, -0.2) is 36.5 Å². The maximum absolute atomic E-state index is 13.3. The zero-order chi connectivity index (χ0) is 11.7. The van der Waals surface area contributed by atoms with Crippen molar-refractivity contribution >= 4 is 5.97 Å². The van der Waals surface area contributed by atoms with Crippen LogP contribution in [0.15, 0.2) is 0 Å². The molecule has 0 aromatic heterocycles. The van der Waals surface area contributed by atoms with Crippen molar-refractivity contribution in [3.63, 3.8) is 0 Å². The Bertz CT molecular complexity index is 256.